The molecule has 1 unspecified atom stereocenters. The summed E-state index contributed by atoms with van der Waals surface area (Å²) in [7, 11) is -0.921. The molecule has 15 heavy (non-hydrogen) atoms. The molecule has 0 aromatic carbocycles. The summed E-state index contributed by atoms with van der Waals surface area (Å²) < 4.78 is 22.9. The van der Waals surface area contributed by atoms with Crippen LogP contribution in [-0.4, -0.2) is 33.5 Å². The van der Waals surface area contributed by atoms with E-state index in [0.29, 0.717) is 11.7 Å². The van der Waals surface area contributed by atoms with E-state index in [1.807, 2.05) is 7.05 Å². The first-order valence-corrected chi connectivity index (χ1v) is 7.44. The van der Waals surface area contributed by atoms with Gasteiger partial charge in [0.2, 0.25) is 0 Å². The zero-order valence-electron chi connectivity index (χ0n) is 10.6. The molecule has 0 aromatic heterocycles. The molecule has 0 rings (SSSR count). The third-order valence-electron chi connectivity index (χ3n) is 3.40. The highest BCUT2D eigenvalue weighted by Gasteiger charge is 2.28. The average molecular weight is 235 g/mol. The van der Waals surface area contributed by atoms with E-state index in [1.165, 1.54) is 0 Å². The minimum absolute atomic E-state index is 0.0665. The van der Waals surface area contributed by atoms with Gasteiger partial charge in [-0.2, -0.15) is 0 Å². The quantitative estimate of drug-likeness (QED) is 0.730. The van der Waals surface area contributed by atoms with Crippen LogP contribution in [-0.2, 0) is 9.84 Å². The van der Waals surface area contributed by atoms with Crippen LogP contribution in [0.25, 0.3) is 0 Å². The molecule has 0 amide bonds. The normalized spacial score (nSPS) is 16.7. The van der Waals surface area contributed by atoms with Crippen molar-refractivity contribution in [1.29, 1.82) is 0 Å². The van der Waals surface area contributed by atoms with Gasteiger partial charge < -0.3 is 5.32 Å². The van der Waals surface area contributed by atoms with Gasteiger partial charge in [-0.25, -0.2) is 8.42 Å². The van der Waals surface area contributed by atoms with Gasteiger partial charge in [-0.05, 0) is 24.8 Å². The summed E-state index contributed by atoms with van der Waals surface area (Å²) in [6, 6.07) is 0. The molecule has 1 atom stereocenters. The van der Waals surface area contributed by atoms with Crippen molar-refractivity contribution in [3.63, 3.8) is 0 Å². The van der Waals surface area contributed by atoms with E-state index in [4.69, 9.17) is 0 Å². The Kier molecular flexibility index (Phi) is 5.81. The van der Waals surface area contributed by atoms with E-state index < -0.39 is 9.84 Å². The first kappa shape index (κ1) is 14.9. The van der Waals surface area contributed by atoms with Gasteiger partial charge in [0.1, 0.15) is 9.84 Å². The lowest BCUT2D eigenvalue weighted by Gasteiger charge is -2.33. The fraction of sp³-hybridized carbons (Fsp3) is 1.00. The predicted octanol–water partition coefficient (Wildman–Crippen LogP) is 1.69. The van der Waals surface area contributed by atoms with Gasteiger partial charge >= 0.3 is 0 Å². The van der Waals surface area contributed by atoms with Crippen molar-refractivity contribution in [2.75, 3.05) is 25.1 Å². The average Bonchev–Trinajstić information content (AvgIpc) is 2.15. The van der Waals surface area contributed by atoms with Gasteiger partial charge in [-0.15, -0.1) is 0 Å². The first-order chi connectivity index (χ1) is 6.77. The summed E-state index contributed by atoms with van der Waals surface area (Å²) in [4.78, 5) is 0. The van der Waals surface area contributed by atoms with Gasteiger partial charge in [0.05, 0.1) is 5.75 Å². The zero-order chi connectivity index (χ0) is 12.1. The molecule has 4 heteroatoms. The number of sulfone groups is 1. The molecule has 0 aliphatic carbocycles. The van der Waals surface area contributed by atoms with Crippen LogP contribution in [0.5, 0.6) is 0 Å². The van der Waals surface area contributed by atoms with Gasteiger partial charge in [0, 0.05) is 12.3 Å². The third-order valence-corrected chi connectivity index (χ3v) is 5.10. The van der Waals surface area contributed by atoms with Crippen LogP contribution in [0.4, 0.5) is 0 Å². The second-order valence-electron chi connectivity index (χ2n) is 4.83. The van der Waals surface area contributed by atoms with Crippen LogP contribution in [0.1, 0.15) is 34.1 Å². The molecule has 0 saturated heterocycles. The number of nitrogens with one attached hydrogen (secondary N) is 1. The molecule has 0 radical (unpaired) electrons. The van der Waals surface area contributed by atoms with Crippen LogP contribution in [0.3, 0.4) is 0 Å². The predicted molar refractivity (Wildman–Crippen MR) is 65.8 cm³/mol. The number of hydrogen-bond acceptors (Lipinski definition) is 3. The lowest BCUT2D eigenvalue weighted by atomic mass is 9.77. The Bertz CT molecular complexity index is 272. The van der Waals surface area contributed by atoms with E-state index in [-0.39, 0.29) is 11.2 Å². The van der Waals surface area contributed by atoms with E-state index in [2.05, 4.69) is 26.1 Å². The van der Waals surface area contributed by atoms with E-state index in [9.17, 15) is 8.42 Å². The molecule has 0 fully saturated rings. The minimum atomic E-state index is -2.83. The highest BCUT2D eigenvalue weighted by Crippen LogP contribution is 2.30. The van der Waals surface area contributed by atoms with Crippen molar-refractivity contribution >= 4 is 9.84 Å². The maximum absolute atomic E-state index is 11.5. The molecular weight excluding hydrogens is 210 g/mol. The fourth-order valence-electron chi connectivity index (χ4n) is 1.52. The molecule has 0 aromatic rings. The van der Waals surface area contributed by atoms with Crippen molar-refractivity contribution in [1.82, 2.24) is 5.32 Å². The van der Waals surface area contributed by atoms with E-state index in [0.717, 1.165) is 13.0 Å². The topological polar surface area (TPSA) is 46.2 Å². The second kappa shape index (κ2) is 5.85. The van der Waals surface area contributed by atoms with Crippen molar-refractivity contribution in [2.45, 2.75) is 34.1 Å². The van der Waals surface area contributed by atoms with Crippen molar-refractivity contribution in [3.05, 3.63) is 0 Å². The molecule has 0 saturated carbocycles. The molecule has 0 aliphatic heterocycles. The molecule has 0 spiro atoms. The lowest BCUT2D eigenvalue weighted by Crippen LogP contribution is -2.36. The minimum Gasteiger partial charge on any atom is -0.319 e. The molecule has 1 N–H and O–H groups in total. The van der Waals surface area contributed by atoms with Crippen LogP contribution < -0.4 is 5.32 Å². The van der Waals surface area contributed by atoms with Gasteiger partial charge in [-0.1, -0.05) is 27.7 Å². The lowest BCUT2D eigenvalue weighted by molar-refractivity contribution is 0.206. The summed E-state index contributed by atoms with van der Waals surface area (Å²) in [5, 5.41) is 3.15. The molecule has 0 heterocycles. The number of hydrogen-bond donors (Lipinski definition) is 1. The van der Waals surface area contributed by atoms with Gasteiger partial charge in [0.25, 0.3) is 0 Å². The van der Waals surface area contributed by atoms with E-state index >= 15 is 0 Å². The molecule has 92 valence electrons. The van der Waals surface area contributed by atoms with E-state index in [1.54, 1.807) is 6.92 Å². The summed E-state index contributed by atoms with van der Waals surface area (Å²) in [5.41, 5.74) is 0.0665. The highest BCUT2D eigenvalue weighted by molar-refractivity contribution is 7.91. The Balaban J connectivity index is 4.44. The van der Waals surface area contributed by atoms with Gasteiger partial charge in [-0.3, -0.25) is 0 Å². The fourth-order valence-corrected chi connectivity index (χ4v) is 2.58. The zero-order valence-corrected chi connectivity index (χ0v) is 11.4. The smallest absolute Gasteiger partial charge is 0.150 e. The summed E-state index contributed by atoms with van der Waals surface area (Å²) in [6.07, 6.45) is 0.738. The van der Waals surface area contributed by atoms with Crippen LogP contribution in [0.15, 0.2) is 0 Å². The standard InChI is InChI=1S/C11H25NO2S/c1-6-15(13,14)8-7-11(4,9-12-5)10(2)3/h10,12H,6-9H2,1-5H3. The monoisotopic (exact) mass is 235 g/mol. The van der Waals surface area contributed by atoms with Crippen LogP contribution >= 0.6 is 0 Å². The Morgan fingerprint density at radius 2 is 1.87 bits per heavy atom. The Labute approximate surface area is 94.6 Å². The summed E-state index contributed by atoms with van der Waals surface area (Å²) in [5.74, 6) is 1.04. The van der Waals surface area contributed by atoms with Crippen molar-refractivity contribution < 1.29 is 8.42 Å². The summed E-state index contributed by atoms with van der Waals surface area (Å²) in [6.45, 7) is 9.02. The molecule has 0 bridgehead atoms. The third kappa shape index (κ3) is 4.98. The highest BCUT2D eigenvalue weighted by atomic mass is 32.2. The Morgan fingerprint density at radius 1 is 1.33 bits per heavy atom. The molecule has 3 nitrogen and oxygen atoms in total. The van der Waals surface area contributed by atoms with Gasteiger partial charge in [0.15, 0.2) is 0 Å². The summed E-state index contributed by atoms with van der Waals surface area (Å²) >= 11 is 0. The second-order valence-corrected chi connectivity index (χ2v) is 7.30. The maximum Gasteiger partial charge on any atom is 0.150 e. The first-order valence-electron chi connectivity index (χ1n) is 5.62. The molecule has 0 aliphatic rings. The van der Waals surface area contributed by atoms with Crippen LogP contribution in [0, 0.1) is 11.3 Å². The SMILES string of the molecule is CCS(=O)(=O)CCC(C)(CNC)C(C)C. The van der Waals surface area contributed by atoms with Crippen LogP contribution in [0.2, 0.25) is 0 Å². The molecular formula is C11H25NO2S. The Morgan fingerprint density at radius 3 is 2.20 bits per heavy atom. The largest absolute Gasteiger partial charge is 0.319 e. The van der Waals surface area contributed by atoms with Crippen molar-refractivity contribution in [2.24, 2.45) is 11.3 Å². The number of rotatable bonds is 7. The Hall–Kier alpha value is -0.0900. The van der Waals surface area contributed by atoms with Crippen molar-refractivity contribution in [3.8, 4) is 0 Å². The maximum atomic E-state index is 11.5.